The molecule has 1 amide bonds. The first-order valence-corrected chi connectivity index (χ1v) is 11.2. The van der Waals surface area contributed by atoms with Crippen LogP contribution in [0.5, 0.6) is 0 Å². The Labute approximate surface area is 164 Å². The molecule has 0 aliphatic carbocycles. The lowest BCUT2D eigenvalue weighted by Gasteiger charge is -2.43. The number of hydrogen-bond donors (Lipinski definition) is 0. The maximum Gasteiger partial charge on any atom is 0.241 e. The third-order valence-corrected chi connectivity index (χ3v) is 7.29. The summed E-state index contributed by atoms with van der Waals surface area (Å²) in [6.45, 7) is 0.881. The van der Waals surface area contributed by atoms with Gasteiger partial charge in [-0.3, -0.25) is 9.69 Å². The Bertz CT molecular complexity index is 931. The molecular formula is C20H21ClN2O3S. The summed E-state index contributed by atoms with van der Waals surface area (Å²) in [6, 6.07) is 16.5. The van der Waals surface area contributed by atoms with Crippen molar-refractivity contribution in [1.82, 2.24) is 4.90 Å². The highest BCUT2D eigenvalue weighted by Gasteiger charge is 2.49. The Morgan fingerprint density at radius 3 is 2.33 bits per heavy atom. The van der Waals surface area contributed by atoms with E-state index in [0.717, 1.165) is 17.7 Å². The van der Waals surface area contributed by atoms with Crippen molar-refractivity contribution in [3.8, 4) is 0 Å². The number of hydrogen-bond acceptors (Lipinski definition) is 4. The van der Waals surface area contributed by atoms with Gasteiger partial charge in [0.25, 0.3) is 0 Å². The van der Waals surface area contributed by atoms with Crippen molar-refractivity contribution < 1.29 is 13.2 Å². The molecule has 2 heterocycles. The molecule has 2 fully saturated rings. The summed E-state index contributed by atoms with van der Waals surface area (Å²) in [7, 11) is -3.17. The van der Waals surface area contributed by atoms with Crippen molar-refractivity contribution in [2.45, 2.75) is 18.5 Å². The fourth-order valence-electron chi connectivity index (χ4n) is 4.05. The maximum absolute atomic E-state index is 12.9. The standard InChI is InChI=1S/C20H21ClN2O3S/c21-16-8-6-15(7-9-16)10-11-22-12-20(24)23(17-4-2-1-3-5-17)19-14-27(25,26)13-18(19)22/h1-9,18-19H,10-14H2/t18-,19+/m1/s1. The summed E-state index contributed by atoms with van der Waals surface area (Å²) in [5, 5.41) is 0.687. The van der Waals surface area contributed by atoms with E-state index >= 15 is 0 Å². The molecule has 27 heavy (non-hydrogen) atoms. The summed E-state index contributed by atoms with van der Waals surface area (Å²) in [5.74, 6) is 0.0839. The van der Waals surface area contributed by atoms with Gasteiger partial charge in [0.05, 0.1) is 24.1 Å². The second kappa shape index (κ2) is 7.26. The van der Waals surface area contributed by atoms with Crippen molar-refractivity contribution in [3.63, 3.8) is 0 Å². The van der Waals surface area contributed by atoms with Gasteiger partial charge in [-0.15, -0.1) is 0 Å². The van der Waals surface area contributed by atoms with E-state index in [0.29, 0.717) is 11.6 Å². The topological polar surface area (TPSA) is 57.7 Å². The van der Waals surface area contributed by atoms with Crippen LogP contribution in [0.2, 0.25) is 5.02 Å². The van der Waals surface area contributed by atoms with E-state index in [1.807, 2.05) is 59.5 Å². The quantitative estimate of drug-likeness (QED) is 0.785. The molecule has 0 radical (unpaired) electrons. The number of benzene rings is 2. The number of nitrogens with zero attached hydrogens (tertiary/aromatic N) is 2. The number of rotatable bonds is 4. The Kier molecular flexibility index (Phi) is 4.97. The van der Waals surface area contributed by atoms with E-state index in [2.05, 4.69) is 0 Å². The molecule has 4 rings (SSSR count). The number of para-hydroxylation sites is 1. The zero-order valence-electron chi connectivity index (χ0n) is 14.8. The molecule has 0 spiro atoms. The summed E-state index contributed by atoms with van der Waals surface area (Å²) < 4.78 is 24.7. The number of carbonyl (C=O) groups is 1. The Morgan fingerprint density at radius 2 is 1.63 bits per heavy atom. The molecule has 2 aromatic carbocycles. The van der Waals surface area contributed by atoms with Crippen LogP contribution in [0.25, 0.3) is 0 Å². The third-order valence-electron chi connectivity index (χ3n) is 5.34. The van der Waals surface area contributed by atoms with Gasteiger partial charge in [0.2, 0.25) is 5.91 Å². The molecule has 0 saturated carbocycles. The second-order valence-electron chi connectivity index (χ2n) is 7.16. The summed E-state index contributed by atoms with van der Waals surface area (Å²) in [6.07, 6.45) is 0.749. The first kappa shape index (κ1) is 18.5. The van der Waals surface area contributed by atoms with Crippen LogP contribution in [0.3, 0.4) is 0 Å². The Morgan fingerprint density at radius 1 is 0.963 bits per heavy atom. The van der Waals surface area contributed by atoms with Gasteiger partial charge in [-0.1, -0.05) is 41.9 Å². The molecule has 2 atom stereocenters. The van der Waals surface area contributed by atoms with Crippen LogP contribution in [-0.4, -0.2) is 55.9 Å². The lowest BCUT2D eigenvalue weighted by atomic mass is 10.0. The highest BCUT2D eigenvalue weighted by atomic mass is 35.5. The third kappa shape index (κ3) is 3.88. The van der Waals surface area contributed by atoms with Gasteiger partial charge in [-0.25, -0.2) is 8.42 Å². The van der Waals surface area contributed by atoms with Gasteiger partial charge in [-0.2, -0.15) is 0 Å². The van der Waals surface area contributed by atoms with Crippen molar-refractivity contribution in [2.75, 3.05) is 29.5 Å². The number of fused-ring (bicyclic) bond motifs is 1. The average molecular weight is 405 g/mol. The zero-order valence-corrected chi connectivity index (χ0v) is 16.4. The van der Waals surface area contributed by atoms with Crippen LogP contribution in [0.1, 0.15) is 5.56 Å². The van der Waals surface area contributed by atoms with Crippen LogP contribution in [-0.2, 0) is 21.1 Å². The first-order chi connectivity index (χ1) is 12.9. The largest absolute Gasteiger partial charge is 0.306 e. The lowest BCUT2D eigenvalue weighted by Crippen LogP contribution is -2.62. The molecule has 0 unspecified atom stereocenters. The van der Waals surface area contributed by atoms with Gasteiger partial charge in [-0.05, 0) is 36.2 Å². The summed E-state index contributed by atoms with van der Waals surface area (Å²) in [4.78, 5) is 16.6. The summed E-state index contributed by atoms with van der Waals surface area (Å²) in [5.41, 5.74) is 1.89. The van der Waals surface area contributed by atoms with Gasteiger partial charge >= 0.3 is 0 Å². The Hall–Kier alpha value is -1.89. The van der Waals surface area contributed by atoms with E-state index in [1.54, 1.807) is 4.90 Å². The number of piperazine rings is 1. The number of anilines is 1. The number of halogens is 1. The summed E-state index contributed by atoms with van der Waals surface area (Å²) >= 11 is 5.93. The molecule has 142 valence electrons. The molecule has 2 aromatic rings. The molecule has 7 heteroatoms. The first-order valence-electron chi connectivity index (χ1n) is 8.99. The minimum Gasteiger partial charge on any atom is -0.306 e. The monoisotopic (exact) mass is 404 g/mol. The highest BCUT2D eigenvalue weighted by molar-refractivity contribution is 7.91. The van der Waals surface area contributed by atoms with E-state index < -0.39 is 9.84 Å². The minimum absolute atomic E-state index is 0.0236. The average Bonchev–Trinajstić information content (AvgIpc) is 2.96. The zero-order chi connectivity index (χ0) is 19.0. The molecule has 0 bridgehead atoms. The molecule has 2 aliphatic heterocycles. The number of amides is 1. The fourth-order valence-corrected chi connectivity index (χ4v) is 6.16. The van der Waals surface area contributed by atoms with Gasteiger partial charge < -0.3 is 4.90 Å². The van der Waals surface area contributed by atoms with Gasteiger partial charge in [0, 0.05) is 23.3 Å². The predicted molar refractivity (Wildman–Crippen MR) is 107 cm³/mol. The van der Waals surface area contributed by atoms with E-state index in [-0.39, 0.29) is 36.0 Å². The molecule has 2 saturated heterocycles. The van der Waals surface area contributed by atoms with E-state index in [1.165, 1.54) is 0 Å². The van der Waals surface area contributed by atoms with Crippen LogP contribution in [0.4, 0.5) is 5.69 Å². The molecular weight excluding hydrogens is 384 g/mol. The van der Waals surface area contributed by atoms with Crippen LogP contribution in [0, 0.1) is 0 Å². The molecule has 0 aromatic heterocycles. The normalized spacial score (nSPS) is 24.8. The number of sulfone groups is 1. The van der Waals surface area contributed by atoms with E-state index in [9.17, 15) is 13.2 Å². The van der Waals surface area contributed by atoms with Gasteiger partial charge in [0.15, 0.2) is 9.84 Å². The molecule has 2 aliphatic rings. The SMILES string of the molecule is O=C1CN(CCc2ccc(Cl)cc2)[C@@H]2CS(=O)(=O)C[C@@H]2N1c1ccccc1. The van der Waals surface area contributed by atoms with Crippen molar-refractivity contribution >= 4 is 33.0 Å². The van der Waals surface area contributed by atoms with Crippen molar-refractivity contribution in [3.05, 3.63) is 65.2 Å². The predicted octanol–water partition coefficient (Wildman–Crippen LogP) is 2.40. The van der Waals surface area contributed by atoms with Crippen LogP contribution in [0.15, 0.2) is 54.6 Å². The van der Waals surface area contributed by atoms with Gasteiger partial charge in [0.1, 0.15) is 0 Å². The highest BCUT2D eigenvalue weighted by Crippen LogP contribution is 2.31. The molecule has 5 nitrogen and oxygen atoms in total. The maximum atomic E-state index is 12.9. The second-order valence-corrected chi connectivity index (χ2v) is 9.75. The van der Waals surface area contributed by atoms with E-state index in [4.69, 9.17) is 11.6 Å². The molecule has 0 N–H and O–H groups in total. The van der Waals surface area contributed by atoms with Crippen LogP contribution < -0.4 is 4.90 Å². The lowest BCUT2D eigenvalue weighted by molar-refractivity contribution is -0.123. The Balaban J connectivity index is 1.57. The minimum atomic E-state index is -3.17. The number of carbonyl (C=O) groups excluding carboxylic acids is 1. The van der Waals surface area contributed by atoms with Crippen molar-refractivity contribution in [1.29, 1.82) is 0 Å². The smallest absolute Gasteiger partial charge is 0.241 e. The fraction of sp³-hybridized carbons (Fsp3) is 0.350. The van der Waals surface area contributed by atoms with Crippen LogP contribution >= 0.6 is 11.6 Å². The van der Waals surface area contributed by atoms with Crippen molar-refractivity contribution in [2.24, 2.45) is 0 Å².